The maximum Gasteiger partial charge on any atom is 0.257 e. The van der Waals surface area contributed by atoms with E-state index in [1.54, 1.807) is 12.1 Å². The van der Waals surface area contributed by atoms with Crippen molar-refractivity contribution in [3.05, 3.63) is 46.5 Å². The third-order valence-corrected chi connectivity index (χ3v) is 7.04. The monoisotopic (exact) mass is 544 g/mol. The lowest BCUT2D eigenvalue weighted by atomic mass is 10.1. The maximum atomic E-state index is 13.0. The van der Waals surface area contributed by atoms with Crippen LogP contribution >= 0.6 is 23.1 Å². The quantitative estimate of drug-likeness (QED) is 0.222. The number of benzene rings is 2. The Hall–Kier alpha value is -3.31. The fourth-order valence-electron chi connectivity index (χ4n) is 3.69. The van der Waals surface area contributed by atoms with Gasteiger partial charge in [-0.2, -0.15) is 0 Å². The van der Waals surface area contributed by atoms with E-state index in [1.165, 1.54) is 23.1 Å². The number of aryl methyl sites for hydroxylation is 3. The number of anilines is 2. The number of hydrogen-bond donors (Lipinski definition) is 2. The number of nitrogens with one attached hydrogen (secondary N) is 2. The molecule has 37 heavy (non-hydrogen) atoms. The molecule has 0 aliphatic carbocycles. The summed E-state index contributed by atoms with van der Waals surface area (Å²) in [7, 11) is 0. The van der Waals surface area contributed by atoms with E-state index in [0.29, 0.717) is 52.1 Å². The van der Waals surface area contributed by atoms with Gasteiger partial charge in [-0.25, -0.2) is 0 Å². The van der Waals surface area contributed by atoms with Crippen LogP contribution in [0.5, 0.6) is 17.2 Å². The van der Waals surface area contributed by atoms with Crippen LogP contribution in [0.15, 0.2) is 28.6 Å². The number of nitrogens with zero attached hydrogens (tertiary/aromatic N) is 2. The lowest BCUT2D eigenvalue weighted by Gasteiger charge is -2.16. The summed E-state index contributed by atoms with van der Waals surface area (Å²) < 4.78 is 17.6. The molecule has 2 N–H and O–H groups in total. The summed E-state index contributed by atoms with van der Waals surface area (Å²) >= 11 is 2.45. The first kappa shape index (κ1) is 28.3. The molecule has 0 radical (unpaired) electrons. The molecular weight excluding hydrogens is 512 g/mol. The van der Waals surface area contributed by atoms with Gasteiger partial charge in [0, 0.05) is 11.3 Å². The van der Waals surface area contributed by atoms with E-state index >= 15 is 0 Å². The van der Waals surface area contributed by atoms with Crippen LogP contribution in [-0.4, -0.2) is 47.6 Å². The average Bonchev–Trinajstić information content (AvgIpc) is 3.29. The second-order valence-electron chi connectivity index (χ2n) is 8.04. The highest BCUT2D eigenvalue weighted by Gasteiger charge is 2.20. The van der Waals surface area contributed by atoms with Crippen molar-refractivity contribution in [1.82, 2.24) is 10.2 Å². The first-order chi connectivity index (χ1) is 17.7. The van der Waals surface area contributed by atoms with Gasteiger partial charge in [0.15, 0.2) is 15.8 Å². The Kier molecular flexibility index (Phi) is 10.2. The zero-order valence-electron chi connectivity index (χ0n) is 21.9. The summed E-state index contributed by atoms with van der Waals surface area (Å²) in [5.74, 6) is 0.969. The van der Waals surface area contributed by atoms with Crippen molar-refractivity contribution in [2.24, 2.45) is 0 Å². The molecular formula is C26H32N4O5S2. The maximum absolute atomic E-state index is 13.0. The van der Waals surface area contributed by atoms with E-state index in [9.17, 15) is 9.59 Å². The molecule has 0 unspecified atom stereocenters. The van der Waals surface area contributed by atoms with E-state index in [0.717, 1.165) is 22.4 Å². The van der Waals surface area contributed by atoms with Crippen LogP contribution in [0.3, 0.4) is 0 Å². The number of hydrogen-bond acceptors (Lipinski definition) is 9. The van der Waals surface area contributed by atoms with Gasteiger partial charge >= 0.3 is 0 Å². The van der Waals surface area contributed by atoms with Crippen LogP contribution < -0.4 is 24.8 Å². The van der Waals surface area contributed by atoms with Gasteiger partial charge in [-0.05, 0) is 64.8 Å². The number of aromatic nitrogens is 2. The fourth-order valence-corrected chi connectivity index (χ4v) is 5.23. The number of carbonyl (C=O) groups is 2. The molecule has 0 saturated heterocycles. The molecule has 2 amide bonds. The van der Waals surface area contributed by atoms with E-state index < -0.39 is 0 Å². The lowest BCUT2D eigenvalue weighted by molar-refractivity contribution is -0.113. The van der Waals surface area contributed by atoms with E-state index in [4.69, 9.17) is 14.2 Å². The Morgan fingerprint density at radius 2 is 1.46 bits per heavy atom. The van der Waals surface area contributed by atoms with Gasteiger partial charge in [-0.3, -0.25) is 14.9 Å². The van der Waals surface area contributed by atoms with Crippen molar-refractivity contribution in [3.63, 3.8) is 0 Å². The minimum absolute atomic E-state index is 0.137. The summed E-state index contributed by atoms with van der Waals surface area (Å²) in [6, 6.07) is 7.30. The van der Waals surface area contributed by atoms with Crippen molar-refractivity contribution in [1.29, 1.82) is 0 Å². The van der Waals surface area contributed by atoms with E-state index in [-0.39, 0.29) is 17.6 Å². The Labute approximate surface area is 225 Å². The van der Waals surface area contributed by atoms with Gasteiger partial charge in [0.25, 0.3) is 5.91 Å². The van der Waals surface area contributed by atoms with Gasteiger partial charge < -0.3 is 19.5 Å². The second-order valence-corrected chi connectivity index (χ2v) is 10.2. The van der Waals surface area contributed by atoms with E-state index in [2.05, 4.69) is 20.8 Å². The largest absolute Gasteiger partial charge is 0.490 e. The third kappa shape index (κ3) is 7.59. The molecule has 0 spiro atoms. The molecule has 198 valence electrons. The number of rotatable bonds is 12. The SMILES string of the molecule is CCOc1cc(C(=O)Nc2nnc(SCC(=O)Nc3c(C)cc(C)cc3C)s2)cc(OCC)c1OCC. The molecule has 3 aromatic rings. The topological polar surface area (TPSA) is 112 Å². The van der Waals surface area contributed by atoms with Gasteiger partial charge in [0.05, 0.1) is 25.6 Å². The van der Waals surface area contributed by atoms with Crippen molar-refractivity contribution in [2.45, 2.75) is 45.9 Å². The second kappa shape index (κ2) is 13.3. The van der Waals surface area contributed by atoms with Gasteiger partial charge in [-0.15, -0.1) is 10.2 Å². The standard InChI is InChI=1S/C26H32N4O5S2/c1-7-33-19-12-18(13-20(34-8-2)23(19)35-9-3)24(32)28-25-29-30-26(37-25)36-14-21(31)27-22-16(5)10-15(4)11-17(22)6/h10-13H,7-9,14H2,1-6H3,(H,27,31)(H,28,29,32). The Morgan fingerprint density at radius 3 is 2.03 bits per heavy atom. The van der Waals surface area contributed by atoms with Crippen LogP contribution in [-0.2, 0) is 4.79 Å². The molecule has 0 atom stereocenters. The van der Waals surface area contributed by atoms with Crippen LogP contribution in [0, 0.1) is 20.8 Å². The number of amides is 2. The molecule has 0 fully saturated rings. The minimum atomic E-state index is -0.388. The molecule has 11 heteroatoms. The first-order valence-corrected chi connectivity index (χ1v) is 13.8. The normalized spacial score (nSPS) is 10.6. The van der Waals surface area contributed by atoms with Crippen LogP contribution in [0.1, 0.15) is 47.8 Å². The highest BCUT2D eigenvalue weighted by atomic mass is 32.2. The van der Waals surface area contributed by atoms with Crippen LogP contribution in [0.25, 0.3) is 0 Å². The summed E-state index contributed by atoms with van der Waals surface area (Å²) in [5.41, 5.74) is 4.36. The predicted molar refractivity (Wildman–Crippen MR) is 148 cm³/mol. The van der Waals surface area contributed by atoms with Crippen LogP contribution in [0.2, 0.25) is 0 Å². The number of thioether (sulfide) groups is 1. The van der Waals surface area contributed by atoms with Crippen molar-refractivity contribution in [3.8, 4) is 17.2 Å². The molecule has 0 saturated carbocycles. The predicted octanol–water partition coefficient (Wildman–Crippen LogP) is 5.64. The number of ether oxygens (including phenoxy) is 3. The summed E-state index contributed by atoms with van der Waals surface area (Å²) in [6.07, 6.45) is 0. The summed E-state index contributed by atoms with van der Waals surface area (Å²) in [6.45, 7) is 12.8. The molecule has 9 nitrogen and oxygen atoms in total. The first-order valence-electron chi connectivity index (χ1n) is 12.0. The Morgan fingerprint density at radius 1 is 0.865 bits per heavy atom. The highest BCUT2D eigenvalue weighted by Crippen LogP contribution is 2.39. The van der Waals surface area contributed by atoms with Crippen molar-refractivity contribution >= 4 is 45.7 Å². The summed E-state index contributed by atoms with van der Waals surface area (Å²) in [5, 5.41) is 14.2. The van der Waals surface area contributed by atoms with Crippen molar-refractivity contribution < 1.29 is 23.8 Å². The van der Waals surface area contributed by atoms with Gasteiger partial charge in [0.2, 0.25) is 16.8 Å². The lowest BCUT2D eigenvalue weighted by Crippen LogP contribution is -2.15. The average molecular weight is 545 g/mol. The molecule has 0 aliphatic heterocycles. The number of carbonyl (C=O) groups excluding carboxylic acids is 2. The van der Waals surface area contributed by atoms with Gasteiger partial charge in [0.1, 0.15) is 0 Å². The summed E-state index contributed by atoms with van der Waals surface area (Å²) in [4.78, 5) is 25.5. The minimum Gasteiger partial charge on any atom is -0.490 e. The van der Waals surface area contributed by atoms with Crippen molar-refractivity contribution in [2.75, 3.05) is 36.2 Å². The Bertz CT molecular complexity index is 1210. The zero-order valence-corrected chi connectivity index (χ0v) is 23.5. The zero-order chi connectivity index (χ0) is 26.9. The third-order valence-electron chi connectivity index (χ3n) is 5.07. The highest BCUT2D eigenvalue weighted by molar-refractivity contribution is 8.01. The molecule has 2 aromatic carbocycles. The molecule has 0 bridgehead atoms. The molecule has 3 rings (SSSR count). The van der Waals surface area contributed by atoms with Gasteiger partial charge in [-0.1, -0.05) is 40.8 Å². The molecule has 1 aromatic heterocycles. The van der Waals surface area contributed by atoms with Crippen LogP contribution in [0.4, 0.5) is 10.8 Å². The molecule has 1 heterocycles. The fraction of sp³-hybridized carbons (Fsp3) is 0.385. The smallest absolute Gasteiger partial charge is 0.257 e. The molecule has 0 aliphatic rings. The Balaban J connectivity index is 1.65. The van der Waals surface area contributed by atoms with E-state index in [1.807, 2.05) is 53.7 Å².